The summed E-state index contributed by atoms with van der Waals surface area (Å²) in [5, 5.41) is 0. The normalized spacial score (nSPS) is 7.29. The number of rotatable bonds is 0. The molecule has 0 bridgehead atoms. The van der Waals surface area contributed by atoms with Crippen LogP contribution in [0, 0.1) is 0 Å². The molecule has 4 nitrogen and oxygen atoms in total. The third-order valence-corrected chi connectivity index (χ3v) is 0.900. The zero-order chi connectivity index (χ0) is 12.2. The molecule has 0 N–H and O–H groups in total. The number of esters is 1. The largest absolute Gasteiger partial charge is 0.469 e. The monoisotopic (exact) mass is 256 g/mol. The second kappa shape index (κ2) is 24.6. The molecule has 0 saturated heterocycles. The van der Waals surface area contributed by atoms with Crippen molar-refractivity contribution < 1.29 is 19.0 Å². The van der Waals surface area contributed by atoms with Gasteiger partial charge in [0, 0.05) is 28.3 Å². The summed E-state index contributed by atoms with van der Waals surface area (Å²) in [4.78, 5) is 9.59. The van der Waals surface area contributed by atoms with Crippen LogP contribution in [0.15, 0.2) is 0 Å². The van der Waals surface area contributed by atoms with Crippen molar-refractivity contribution in [1.29, 1.82) is 0 Å². The van der Waals surface area contributed by atoms with E-state index in [1.54, 1.807) is 21.3 Å². The fourth-order valence-electron chi connectivity index (χ4n) is 0. The minimum Gasteiger partial charge on any atom is -0.469 e. The molecule has 0 saturated carbocycles. The Morgan fingerprint density at radius 2 is 1.00 bits per heavy atom. The van der Waals surface area contributed by atoms with Crippen molar-refractivity contribution in [3.63, 3.8) is 0 Å². The number of hydrogen-bond acceptors (Lipinski definition) is 4. The van der Waals surface area contributed by atoms with E-state index < -0.39 is 0 Å². The lowest BCUT2D eigenvalue weighted by molar-refractivity contribution is -0.137. The van der Waals surface area contributed by atoms with Crippen molar-refractivity contribution in [3.05, 3.63) is 0 Å². The van der Waals surface area contributed by atoms with Gasteiger partial charge in [-0.3, -0.25) is 4.79 Å². The van der Waals surface area contributed by atoms with Crippen molar-refractivity contribution in [2.24, 2.45) is 0 Å². The van der Waals surface area contributed by atoms with E-state index in [0.29, 0.717) is 0 Å². The highest BCUT2D eigenvalue weighted by Gasteiger charge is 2.03. The lowest BCUT2D eigenvalue weighted by Gasteiger charge is -2.14. The number of hydrogen-bond donors (Lipinski definition) is 0. The minimum absolute atomic E-state index is 0. The molecule has 0 aliphatic rings. The summed E-state index contributed by atoms with van der Waals surface area (Å²) in [6.07, 6.45) is 0. The third-order valence-electron chi connectivity index (χ3n) is 0.900. The molecule has 0 aliphatic heterocycles. The molecule has 0 radical (unpaired) electrons. The van der Waals surface area contributed by atoms with Crippen LogP contribution in [0.5, 0.6) is 0 Å². The van der Waals surface area contributed by atoms with E-state index in [9.17, 15) is 4.79 Å². The minimum atomic E-state index is -0.245. The molecule has 0 aromatic rings. The smallest absolute Gasteiger partial charge is 0.302 e. The average Bonchev–Trinajstić information content (AvgIpc) is 2.06. The van der Waals surface area contributed by atoms with E-state index >= 15 is 0 Å². The Hall–Kier alpha value is -0.610. The van der Waals surface area contributed by atoms with Crippen LogP contribution in [0.4, 0.5) is 0 Å². The van der Waals surface area contributed by atoms with Gasteiger partial charge in [-0.05, 0) is 20.8 Å². The summed E-state index contributed by atoms with van der Waals surface area (Å²) < 4.78 is 13.3. The van der Waals surface area contributed by atoms with Gasteiger partial charge in [0.2, 0.25) is 0 Å². The van der Waals surface area contributed by atoms with E-state index in [1.165, 1.54) is 14.0 Å². The molecule has 17 heavy (non-hydrogen) atoms. The maximum absolute atomic E-state index is 9.59. The predicted octanol–water partition coefficient (Wildman–Crippen LogP) is 3.78. The van der Waals surface area contributed by atoms with Gasteiger partial charge < -0.3 is 14.2 Å². The zero-order valence-corrected chi connectivity index (χ0v) is 10.6. The first-order valence-electron chi connectivity index (χ1n) is 4.25. The molecule has 0 atom stereocenters. The van der Waals surface area contributed by atoms with Crippen molar-refractivity contribution in [1.82, 2.24) is 0 Å². The van der Waals surface area contributed by atoms with Crippen molar-refractivity contribution in [2.45, 2.75) is 55.6 Å². The summed E-state index contributed by atoms with van der Waals surface area (Å²) >= 11 is 0. The van der Waals surface area contributed by atoms with Gasteiger partial charge in [0.15, 0.2) is 0 Å². The highest BCUT2D eigenvalue weighted by atomic mass is 16.5. The first-order valence-corrected chi connectivity index (χ1v) is 4.25. The molecule has 0 unspecified atom stereocenters. The van der Waals surface area contributed by atoms with Gasteiger partial charge in [-0.25, -0.2) is 0 Å². The third kappa shape index (κ3) is 143. The molecule has 0 rings (SSSR count). The molecule has 0 fully saturated rings. The van der Waals surface area contributed by atoms with Crippen LogP contribution in [0.1, 0.15) is 50.0 Å². The second-order valence-corrected chi connectivity index (χ2v) is 3.42. The maximum Gasteiger partial charge on any atom is 0.302 e. The molecule has 0 spiro atoms. The topological polar surface area (TPSA) is 44.8 Å². The predicted molar refractivity (Wildman–Crippen MR) is 77.6 cm³/mol. The van der Waals surface area contributed by atoms with Crippen LogP contribution in [0.2, 0.25) is 0 Å². The standard InChI is InChI=1S/C5H12O.C3H6O2.C2H6O.3CH4/c1-5(2,3)6-4;1-3(4)5-2;1-3-2;;;/h1-4H3;1-2H3;1-2H3;3*1H4. The van der Waals surface area contributed by atoms with Gasteiger partial charge in [0.1, 0.15) is 0 Å². The Bertz CT molecular complexity index is 117. The first kappa shape index (κ1) is 36.0. The van der Waals surface area contributed by atoms with Crippen LogP contribution < -0.4 is 0 Å². The van der Waals surface area contributed by atoms with E-state index in [0.717, 1.165) is 0 Å². The molecule has 0 aromatic heterocycles. The van der Waals surface area contributed by atoms with E-state index in [1.807, 2.05) is 20.8 Å². The summed E-state index contributed by atoms with van der Waals surface area (Å²) in [5.41, 5.74) is 0.0417. The zero-order valence-electron chi connectivity index (χ0n) is 10.6. The van der Waals surface area contributed by atoms with Gasteiger partial charge >= 0.3 is 5.97 Å². The second-order valence-electron chi connectivity index (χ2n) is 3.42. The molecule has 0 heterocycles. The highest BCUT2D eigenvalue weighted by Crippen LogP contribution is 2.02. The lowest BCUT2D eigenvalue weighted by Crippen LogP contribution is -2.15. The fourth-order valence-corrected chi connectivity index (χ4v) is 0. The molecule has 0 aromatic carbocycles. The summed E-state index contributed by atoms with van der Waals surface area (Å²) in [6.45, 7) is 7.42. The van der Waals surface area contributed by atoms with E-state index in [-0.39, 0.29) is 33.9 Å². The Morgan fingerprint density at radius 3 is 1.00 bits per heavy atom. The summed E-state index contributed by atoms with van der Waals surface area (Å²) in [6, 6.07) is 0. The molecule has 0 amide bonds. The highest BCUT2D eigenvalue weighted by molar-refractivity contribution is 5.65. The van der Waals surface area contributed by atoms with Crippen molar-refractivity contribution >= 4 is 5.97 Å². The molecular formula is C13H36O4. The molecule has 4 heteroatoms. The maximum atomic E-state index is 9.59. The average molecular weight is 256 g/mol. The van der Waals surface area contributed by atoms with Crippen LogP contribution in [0.3, 0.4) is 0 Å². The summed E-state index contributed by atoms with van der Waals surface area (Å²) in [5.74, 6) is -0.245. The van der Waals surface area contributed by atoms with Crippen molar-refractivity contribution in [2.75, 3.05) is 28.4 Å². The van der Waals surface area contributed by atoms with Gasteiger partial charge in [0.25, 0.3) is 0 Å². The van der Waals surface area contributed by atoms with Gasteiger partial charge in [-0.2, -0.15) is 0 Å². The Balaban J connectivity index is -0.0000000256. The number of ether oxygens (including phenoxy) is 3. The van der Waals surface area contributed by atoms with Gasteiger partial charge in [0.05, 0.1) is 12.7 Å². The number of methoxy groups -OCH3 is 3. The van der Waals surface area contributed by atoms with Crippen molar-refractivity contribution in [3.8, 4) is 0 Å². The SMILES string of the molecule is C.C.C.COC.COC(C)(C)C.COC(C)=O. The summed E-state index contributed by atoms with van der Waals surface area (Å²) in [7, 11) is 6.31. The molecule has 112 valence electrons. The molecule has 0 aliphatic carbocycles. The van der Waals surface area contributed by atoms with Crippen LogP contribution in [-0.4, -0.2) is 40.0 Å². The van der Waals surface area contributed by atoms with Crippen LogP contribution in [-0.2, 0) is 19.0 Å². The Labute approximate surface area is 110 Å². The van der Waals surface area contributed by atoms with Gasteiger partial charge in [-0.1, -0.05) is 22.3 Å². The Kier molecular flexibility index (Phi) is 52.0. The Morgan fingerprint density at radius 1 is 0.882 bits per heavy atom. The van der Waals surface area contributed by atoms with E-state index in [2.05, 4.69) is 9.47 Å². The number of carbonyl (C=O) groups is 1. The number of carbonyl (C=O) groups excluding carboxylic acids is 1. The van der Waals surface area contributed by atoms with Crippen LogP contribution in [0.25, 0.3) is 0 Å². The van der Waals surface area contributed by atoms with Gasteiger partial charge in [-0.15, -0.1) is 0 Å². The first-order chi connectivity index (χ1) is 6.24. The lowest BCUT2D eigenvalue weighted by atomic mass is 10.2. The fraction of sp³-hybridized carbons (Fsp3) is 0.923. The molecular weight excluding hydrogens is 220 g/mol. The quantitative estimate of drug-likeness (QED) is 0.619. The van der Waals surface area contributed by atoms with Crippen LogP contribution >= 0.6 is 0 Å². The van der Waals surface area contributed by atoms with E-state index in [4.69, 9.17) is 4.74 Å².